The number of alkyl carbamates (subject to hydrolysis) is 3. The van der Waals surface area contributed by atoms with Crippen LogP contribution in [0.15, 0.2) is 36.4 Å². The Morgan fingerprint density at radius 1 is 0.327 bits per heavy atom. The fourth-order valence-electron chi connectivity index (χ4n) is 11.5. The fraction of sp³-hybridized carbons (Fsp3) is 0.581. The van der Waals surface area contributed by atoms with Gasteiger partial charge in [0.2, 0.25) is 0 Å². The van der Waals surface area contributed by atoms with Crippen LogP contribution in [0, 0.1) is 74.1 Å². The van der Waals surface area contributed by atoms with Gasteiger partial charge in [0.1, 0.15) is 51.3 Å². The fourth-order valence-corrected chi connectivity index (χ4v) is 11.5. The first-order valence-corrected chi connectivity index (χ1v) is 37.9. The minimum absolute atomic E-state index is 0.219. The second kappa shape index (κ2) is 49.0. The van der Waals surface area contributed by atoms with Crippen molar-refractivity contribution in [3.63, 3.8) is 0 Å². The first-order valence-electron chi connectivity index (χ1n) is 37.9. The Kier molecular flexibility index (Phi) is 41.0. The summed E-state index contributed by atoms with van der Waals surface area (Å²) in [5.41, 5.74) is 0.678. The second-order valence-corrected chi connectivity index (χ2v) is 29.4. The lowest BCUT2D eigenvalue weighted by atomic mass is 9.86. The summed E-state index contributed by atoms with van der Waals surface area (Å²) in [5.74, 6) is 17.1. The van der Waals surface area contributed by atoms with Crippen molar-refractivity contribution >= 4 is 36.0 Å². The number of nitrogens with one attached hydrogen (secondary N) is 6. The highest BCUT2D eigenvalue weighted by Crippen LogP contribution is 2.37. The maximum absolute atomic E-state index is 15.2. The molecule has 0 aromatic heterocycles. The van der Waals surface area contributed by atoms with E-state index in [0.29, 0.717) is 199 Å². The van der Waals surface area contributed by atoms with Crippen molar-refractivity contribution in [1.29, 1.82) is 0 Å². The van der Waals surface area contributed by atoms with E-state index in [4.69, 9.17) is 81.2 Å². The summed E-state index contributed by atoms with van der Waals surface area (Å²) in [4.78, 5) is 83.7. The number of hydrogen-bond acceptors (Lipinski definition) is 15. The Bertz CT molecular complexity index is 3330. The average Bonchev–Trinajstić information content (AvgIpc) is 0.814. The van der Waals surface area contributed by atoms with Crippen LogP contribution in [-0.4, -0.2) is 130 Å². The van der Waals surface area contributed by atoms with Crippen LogP contribution in [0.3, 0.4) is 0 Å². The molecule has 1 saturated carbocycles. The highest BCUT2D eigenvalue weighted by molar-refractivity contribution is 5.97. The number of amides is 6. The topological polar surface area (TPSA) is 258 Å². The van der Waals surface area contributed by atoms with Crippen LogP contribution in [0.1, 0.15) is 258 Å². The highest BCUT2D eigenvalue weighted by Gasteiger charge is 2.34. The van der Waals surface area contributed by atoms with Crippen LogP contribution in [0.25, 0.3) is 0 Å². The monoisotopic (exact) mass is 1470 g/mol. The maximum atomic E-state index is 15.2. The van der Waals surface area contributed by atoms with Crippen LogP contribution in [0.4, 0.5) is 14.4 Å². The molecule has 1 aliphatic rings. The van der Waals surface area contributed by atoms with Crippen molar-refractivity contribution in [2.75, 3.05) is 59.3 Å². The van der Waals surface area contributed by atoms with E-state index in [0.717, 1.165) is 0 Å². The van der Waals surface area contributed by atoms with E-state index in [1.54, 1.807) is 98.7 Å². The summed E-state index contributed by atoms with van der Waals surface area (Å²) < 4.78 is 55.5. The van der Waals surface area contributed by atoms with Gasteiger partial charge < -0.3 is 74.5 Å². The molecule has 107 heavy (non-hydrogen) atoms. The van der Waals surface area contributed by atoms with E-state index in [9.17, 15) is 14.4 Å². The van der Waals surface area contributed by atoms with E-state index < -0.39 is 70.9 Å². The molecular formula is C86H118N6O15. The Balaban J connectivity index is 1.89. The molecule has 1 aliphatic carbocycles. The lowest BCUT2D eigenvalue weighted by molar-refractivity contribution is 0.0515. The minimum Gasteiger partial charge on any atom is -0.493 e. The first kappa shape index (κ1) is 89.4. The van der Waals surface area contributed by atoms with Gasteiger partial charge in [-0.15, -0.1) is 74.1 Å². The third kappa shape index (κ3) is 37.2. The molecule has 0 spiro atoms. The Hall–Kier alpha value is -9.96. The van der Waals surface area contributed by atoms with Crippen LogP contribution < -0.4 is 60.3 Å². The maximum Gasteiger partial charge on any atom is 0.407 e. The number of hydrogen-bond donors (Lipinski definition) is 6. The zero-order chi connectivity index (χ0) is 78.5. The van der Waals surface area contributed by atoms with Crippen molar-refractivity contribution < 1.29 is 71.4 Å². The summed E-state index contributed by atoms with van der Waals surface area (Å²) in [6.45, 7) is 18.6. The number of unbranched alkanes of at least 4 members (excludes halogenated alkanes) is 11. The summed E-state index contributed by atoms with van der Waals surface area (Å²) in [7, 11) is 0. The standard InChI is InChI=1S/C86H118N6O15/c1-16-22-28-34-49-100-73-55-63(54-72(99-48-33-27-21-6)69(73)42-39-45-87-81(96)105-84(7,8)9)78(93)90-66-60-67(91-79(94)64-56-74(101-50-35-29-23-17-2)70(75(57-64)102-51-36-30-24-18-3)43-40-46-88-82(97)106-85(10,11)12)62-68(61-66)92-80(95)65-58-76(103-52-37-31-25-19-4)71(77(59-65)104-53-38-32-26-20-5)44-41-47-89-83(98)107-86(13,14)15/h1-6,54-59,66-68H,22-53,60-62H2,7-15H3,(H,87,96)(H,88,97)(H,89,98)(H,90,93)(H,91,94)(H,92,95)/t66-,67+,68-. The molecule has 0 bridgehead atoms. The quantitative estimate of drug-likeness (QED) is 0.0175. The number of carbonyl (C=O) groups excluding carboxylic acids is 6. The van der Waals surface area contributed by atoms with Crippen molar-refractivity contribution in [2.45, 2.75) is 264 Å². The molecule has 3 aromatic carbocycles. The van der Waals surface area contributed by atoms with Gasteiger partial charge in [-0.05, 0) is 227 Å². The lowest BCUT2D eigenvalue weighted by Gasteiger charge is -2.36. The lowest BCUT2D eigenvalue weighted by Crippen LogP contribution is -2.53. The molecule has 21 nitrogen and oxygen atoms in total. The summed E-state index contributed by atoms with van der Waals surface area (Å²) in [6, 6.07) is 8.10. The molecule has 3 atom stereocenters. The number of benzene rings is 3. The predicted octanol–water partition coefficient (Wildman–Crippen LogP) is 14.6. The van der Waals surface area contributed by atoms with Gasteiger partial charge in [-0.1, -0.05) is 0 Å². The number of ether oxygens (including phenoxy) is 9. The van der Waals surface area contributed by atoms with Crippen molar-refractivity contribution in [2.24, 2.45) is 0 Å². The van der Waals surface area contributed by atoms with Crippen molar-refractivity contribution in [3.8, 4) is 109 Å². The van der Waals surface area contributed by atoms with Crippen LogP contribution in [0.5, 0.6) is 34.5 Å². The van der Waals surface area contributed by atoms with Gasteiger partial charge in [0.15, 0.2) is 0 Å². The van der Waals surface area contributed by atoms with E-state index in [1.807, 2.05) is 0 Å². The summed E-state index contributed by atoms with van der Waals surface area (Å²) in [5, 5.41) is 18.3. The van der Waals surface area contributed by atoms with Crippen molar-refractivity contribution in [3.05, 3.63) is 69.8 Å². The van der Waals surface area contributed by atoms with E-state index in [-0.39, 0.29) is 95.2 Å². The SMILES string of the molecule is C#CCCCCOc1cc(C(=O)N[C@H]2C[C@@H](NC(=O)c3cc(OCCCCC#C)c(CCCNC(=O)OC(C)(C)C)c(OCCCCC#C)c3)C[C@@H](NC(=O)c3cc(OCCCCC#C)c(CCCNC(=O)OC(C)(C)C)c(OCCCCC#C)c3)C2)cc(OCCCC#C)c1CCCNC(=O)OC(C)(C)C. The minimum atomic E-state index is -0.694. The smallest absolute Gasteiger partial charge is 0.407 e. The normalized spacial score (nSPS) is 13.9. The summed E-state index contributed by atoms with van der Waals surface area (Å²) in [6.07, 6.45) is 45.8. The summed E-state index contributed by atoms with van der Waals surface area (Å²) >= 11 is 0. The predicted molar refractivity (Wildman–Crippen MR) is 419 cm³/mol. The van der Waals surface area contributed by atoms with Gasteiger partial charge in [0.05, 0.1) is 39.6 Å². The zero-order valence-corrected chi connectivity index (χ0v) is 65.0. The largest absolute Gasteiger partial charge is 0.493 e. The van der Waals surface area contributed by atoms with Crippen LogP contribution in [-0.2, 0) is 33.5 Å². The molecule has 21 heteroatoms. The Morgan fingerprint density at radius 3 is 0.738 bits per heavy atom. The number of carbonyl (C=O) groups is 6. The van der Waals surface area contributed by atoms with Crippen LogP contribution in [0.2, 0.25) is 0 Å². The van der Waals surface area contributed by atoms with Gasteiger partial charge >= 0.3 is 18.3 Å². The molecule has 1 fully saturated rings. The molecule has 0 aliphatic heterocycles. The van der Waals surface area contributed by atoms with Crippen molar-refractivity contribution in [1.82, 2.24) is 31.9 Å². The zero-order valence-electron chi connectivity index (χ0n) is 65.0. The van der Waals surface area contributed by atoms with Gasteiger partial charge in [0.25, 0.3) is 17.7 Å². The number of terminal acetylenes is 6. The number of rotatable bonds is 47. The third-order valence-corrected chi connectivity index (χ3v) is 16.4. The second-order valence-electron chi connectivity index (χ2n) is 29.4. The van der Waals surface area contributed by atoms with E-state index in [1.165, 1.54) is 0 Å². The Morgan fingerprint density at radius 2 is 0.533 bits per heavy atom. The molecule has 582 valence electrons. The molecule has 6 N–H and O–H groups in total. The molecule has 4 rings (SSSR count). The molecule has 3 aromatic rings. The molecule has 0 radical (unpaired) electrons. The third-order valence-electron chi connectivity index (χ3n) is 16.4. The van der Waals surface area contributed by atoms with Gasteiger partial charge in [-0.3, -0.25) is 14.4 Å². The van der Waals surface area contributed by atoms with E-state index >= 15 is 14.4 Å². The highest BCUT2D eigenvalue weighted by atomic mass is 16.6. The molecule has 0 heterocycles. The van der Waals surface area contributed by atoms with Crippen LogP contribution >= 0.6 is 0 Å². The molecule has 0 saturated heterocycles. The van der Waals surface area contributed by atoms with Gasteiger partial charge in [0, 0.05) is 110 Å². The van der Waals surface area contributed by atoms with E-state index in [2.05, 4.69) is 67.4 Å². The molecular weight excluding hydrogens is 1360 g/mol. The molecule has 6 amide bonds. The molecule has 0 unspecified atom stereocenters. The average molecular weight is 1480 g/mol. The van der Waals surface area contributed by atoms with Gasteiger partial charge in [-0.2, -0.15) is 0 Å². The first-order chi connectivity index (χ1) is 51.2. The van der Waals surface area contributed by atoms with Gasteiger partial charge in [-0.25, -0.2) is 14.4 Å². The Labute approximate surface area is 638 Å².